The second-order valence-electron chi connectivity index (χ2n) is 6.86. The van der Waals surface area contributed by atoms with Gasteiger partial charge >= 0.3 is 5.97 Å². The molecule has 0 bridgehead atoms. The average molecular weight is 426 g/mol. The molecule has 0 saturated carbocycles. The van der Waals surface area contributed by atoms with Crippen LogP contribution in [0.5, 0.6) is 11.5 Å². The van der Waals surface area contributed by atoms with E-state index in [1.807, 2.05) is 19.9 Å². The third-order valence-corrected chi connectivity index (χ3v) is 6.26. The number of carbonyl (C=O) groups is 1. The number of sulfonamides is 1. The lowest BCUT2D eigenvalue weighted by molar-refractivity contribution is -0.136. The van der Waals surface area contributed by atoms with Crippen LogP contribution >= 0.6 is 0 Å². The monoisotopic (exact) mass is 425 g/mol. The van der Waals surface area contributed by atoms with Gasteiger partial charge in [0.1, 0.15) is 11.5 Å². The Morgan fingerprint density at radius 3 is 2.17 bits per heavy atom. The number of carbonyl (C=O) groups excluding carboxylic acids is 1. The maximum Gasteiger partial charge on any atom is 0.349 e. The van der Waals surface area contributed by atoms with E-state index >= 15 is 0 Å². The summed E-state index contributed by atoms with van der Waals surface area (Å²) in [7, 11) is -2.18. The van der Waals surface area contributed by atoms with Gasteiger partial charge in [-0.25, -0.2) is 13.2 Å². The molecule has 0 N–H and O–H groups in total. The van der Waals surface area contributed by atoms with E-state index in [1.165, 1.54) is 11.4 Å². The second kappa shape index (κ2) is 9.00. The molecule has 7 heteroatoms. The summed E-state index contributed by atoms with van der Waals surface area (Å²) in [6.07, 6.45) is 0. The molecule has 0 aliphatic rings. The molecule has 0 heterocycles. The fourth-order valence-electron chi connectivity index (χ4n) is 2.74. The van der Waals surface area contributed by atoms with Gasteiger partial charge in [-0.1, -0.05) is 29.8 Å². The number of ether oxygens (including phenoxy) is 2. The highest BCUT2D eigenvalue weighted by Crippen LogP contribution is 2.24. The van der Waals surface area contributed by atoms with E-state index in [2.05, 4.69) is 0 Å². The molecule has 156 valence electrons. The van der Waals surface area contributed by atoms with Crippen molar-refractivity contribution in [1.82, 2.24) is 0 Å². The number of benzene rings is 3. The molecular weight excluding hydrogens is 402 g/mol. The van der Waals surface area contributed by atoms with E-state index in [9.17, 15) is 13.2 Å². The quantitative estimate of drug-likeness (QED) is 0.421. The lowest BCUT2D eigenvalue weighted by atomic mass is 10.2. The first-order valence-electron chi connectivity index (χ1n) is 9.31. The van der Waals surface area contributed by atoms with Gasteiger partial charge in [-0.2, -0.15) is 0 Å². The number of anilines is 1. The number of esters is 1. The Kier molecular flexibility index (Phi) is 6.42. The van der Waals surface area contributed by atoms with E-state index < -0.39 is 16.0 Å². The third kappa shape index (κ3) is 5.18. The molecule has 0 radical (unpaired) electrons. The van der Waals surface area contributed by atoms with Gasteiger partial charge in [0, 0.05) is 7.05 Å². The average Bonchev–Trinajstić information content (AvgIpc) is 2.72. The summed E-state index contributed by atoms with van der Waals surface area (Å²) in [5.74, 6) is 0.367. The largest absolute Gasteiger partial charge is 0.482 e. The van der Waals surface area contributed by atoms with Crippen LogP contribution in [0.4, 0.5) is 5.69 Å². The van der Waals surface area contributed by atoms with Gasteiger partial charge in [-0.05, 0) is 67.9 Å². The summed E-state index contributed by atoms with van der Waals surface area (Å²) in [6, 6.07) is 20.3. The molecule has 0 spiro atoms. The first kappa shape index (κ1) is 21.4. The van der Waals surface area contributed by atoms with Crippen LogP contribution in [0.1, 0.15) is 11.1 Å². The van der Waals surface area contributed by atoms with Gasteiger partial charge in [0.05, 0.1) is 10.6 Å². The zero-order chi connectivity index (χ0) is 21.7. The minimum absolute atomic E-state index is 0.217. The van der Waals surface area contributed by atoms with Crippen LogP contribution < -0.4 is 13.8 Å². The summed E-state index contributed by atoms with van der Waals surface area (Å²) in [5, 5.41) is 0. The third-order valence-electron chi connectivity index (χ3n) is 4.46. The zero-order valence-corrected chi connectivity index (χ0v) is 17.8. The topological polar surface area (TPSA) is 72.9 Å². The van der Waals surface area contributed by atoms with Gasteiger partial charge in [0.2, 0.25) is 0 Å². The highest BCUT2D eigenvalue weighted by atomic mass is 32.2. The molecule has 3 aromatic rings. The van der Waals surface area contributed by atoms with E-state index in [-0.39, 0.29) is 11.5 Å². The summed E-state index contributed by atoms with van der Waals surface area (Å²) < 4.78 is 37.4. The smallest absolute Gasteiger partial charge is 0.349 e. The molecule has 0 aliphatic heterocycles. The van der Waals surface area contributed by atoms with Crippen LogP contribution in [0.2, 0.25) is 0 Å². The molecule has 0 aromatic heterocycles. The van der Waals surface area contributed by atoms with Crippen molar-refractivity contribution < 1.29 is 22.7 Å². The van der Waals surface area contributed by atoms with Crippen LogP contribution in [-0.4, -0.2) is 28.0 Å². The maximum atomic E-state index is 12.8. The lowest BCUT2D eigenvalue weighted by Gasteiger charge is -2.20. The molecule has 0 fully saturated rings. The molecule has 0 unspecified atom stereocenters. The predicted molar refractivity (Wildman–Crippen MR) is 116 cm³/mol. The Morgan fingerprint density at radius 1 is 0.867 bits per heavy atom. The molecule has 0 atom stereocenters. The highest BCUT2D eigenvalue weighted by molar-refractivity contribution is 7.92. The molecule has 3 rings (SSSR count). The van der Waals surface area contributed by atoms with Crippen molar-refractivity contribution in [2.45, 2.75) is 18.7 Å². The molecular formula is C23H23NO5S. The number of aryl methyl sites for hydroxylation is 2. The molecule has 6 nitrogen and oxygen atoms in total. The van der Waals surface area contributed by atoms with Crippen LogP contribution in [0.15, 0.2) is 77.7 Å². The van der Waals surface area contributed by atoms with Crippen molar-refractivity contribution in [1.29, 1.82) is 0 Å². The number of nitrogens with zero attached hydrogens (tertiary/aromatic N) is 1. The van der Waals surface area contributed by atoms with Crippen LogP contribution in [0, 0.1) is 13.8 Å². The van der Waals surface area contributed by atoms with E-state index in [0.717, 1.165) is 11.1 Å². The molecule has 0 aliphatic carbocycles. The normalized spacial score (nSPS) is 11.0. The molecule has 0 saturated heterocycles. The number of hydrogen-bond acceptors (Lipinski definition) is 5. The summed E-state index contributed by atoms with van der Waals surface area (Å²) >= 11 is 0. The Morgan fingerprint density at radius 2 is 1.53 bits per heavy atom. The maximum absolute atomic E-state index is 12.8. The van der Waals surface area contributed by atoms with Crippen molar-refractivity contribution in [3.8, 4) is 11.5 Å². The minimum Gasteiger partial charge on any atom is -0.482 e. The van der Waals surface area contributed by atoms with E-state index in [1.54, 1.807) is 66.7 Å². The van der Waals surface area contributed by atoms with Crippen molar-refractivity contribution in [2.24, 2.45) is 0 Å². The van der Waals surface area contributed by atoms with Gasteiger partial charge in [-0.15, -0.1) is 0 Å². The summed E-state index contributed by atoms with van der Waals surface area (Å²) in [6.45, 7) is 3.55. The van der Waals surface area contributed by atoms with Crippen LogP contribution in [-0.2, 0) is 14.8 Å². The van der Waals surface area contributed by atoms with E-state index in [0.29, 0.717) is 17.2 Å². The van der Waals surface area contributed by atoms with Gasteiger partial charge in [0.15, 0.2) is 6.61 Å². The van der Waals surface area contributed by atoms with Gasteiger partial charge in [0.25, 0.3) is 10.0 Å². The van der Waals surface area contributed by atoms with Crippen LogP contribution in [0.25, 0.3) is 0 Å². The van der Waals surface area contributed by atoms with Crippen molar-refractivity contribution >= 4 is 21.7 Å². The van der Waals surface area contributed by atoms with Gasteiger partial charge < -0.3 is 9.47 Å². The molecule has 0 amide bonds. The summed E-state index contributed by atoms with van der Waals surface area (Å²) in [5.41, 5.74) is 2.45. The Bertz CT molecular complexity index is 1120. The Hall–Kier alpha value is -3.32. The van der Waals surface area contributed by atoms with Crippen molar-refractivity contribution in [2.75, 3.05) is 18.0 Å². The zero-order valence-electron chi connectivity index (χ0n) is 17.0. The fraction of sp³-hybridized carbons (Fsp3) is 0.174. The van der Waals surface area contributed by atoms with Crippen LogP contribution in [0.3, 0.4) is 0 Å². The van der Waals surface area contributed by atoms with E-state index in [4.69, 9.17) is 9.47 Å². The SMILES string of the molecule is Cc1ccc(S(=O)(=O)N(C)c2ccc(OCC(=O)Oc3cccc(C)c3)cc2)cc1. The Labute approximate surface area is 176 Å². The molecule has 30 heavy (non-hydrogen) atoms. The summed E-state index contributed by atoms with van der Waals surface area (Å²) in [4.78, 5) is 12.2. The van der Waals surface area contributed by atoms with Crippen molar-refractivity contribution in [3.63, 3.8) is 0 Å². The van der Waals surface area contributed by atoms with Gasteiger partial charge in [-0.3, -0.25) is 4.31 Å². The predicted octanol–water partition coefficient (Wildman–Crippen LogP) is 4.11. The minimum atomic E-state index is -3.67. The van der Waals surface area contributed by atoms with Crippen molar-refractivity contribution in [3.05, 3.63) is 83.9 Å². The first-order valence-corrected chi connectivity index (χ1v) is 10.8. The Balaban J connectivity index is 1.61. The molecule has 3 aromatic carbocycles. The number of hydrogen-bond donors (Lipinski definition) is 0. The highest BCUT2D eigenvalue weighted by Gasteiger charge is 2.21. The lowest BCUT2D eigenvalue weighted by Crippen LogP contribution is -2.26. The fourth-order valence-corrected chi connectivity index (χ4v) is 3.94. The second-order valence-corrected chi connectivity index (χ2v) is 8.83. The first-order chi connectivity index (χ1) is 14.3. The number of rotatable bonds is 7. The standard InChI is InChI=1S/C23H23NO5S/c1-17-7-13-22(14-8-17)30(26,27)24(3)19-9-11-20(12-10-19)28-16-23(25)29-21-6-4-5-18(2)15-21/h4-15H,16H2,1-3H3.